The van der Waals surface area contributed by atoms with Crippen molar-refractivity contribution in [2.24, 2.45) is 5.10 Å². The van der Waals surface area contributed by atoms with E-state index >= 15 is 0 Å². The first-order chi connectivity index (χ1) is 15.1. The van der Waals surface area contributed by atoms with Crippen molar-refractivity contribution in [3.8, 4) is 5.75 Å². The fraction of sp³-hybridized carbons (Fsp3) is 0.375. The van der Waals surface area contributed by atoms with E-state index in [0.29, 0.717) is 26.0 Å². The number of amides is 2. The van der Waals surface area contributed by atoms with E-state index < -0.39 is 0 Å². The van der Waals surface area contributed by atoms with Crippen LogP contribution in [0.15, 0.2) is 59.7 Å². The Morgan fingerprint density at radius 3 is 2.58 bits per heavy atom. The van der Waals surface area contributed by atoms with Crippen molar-refractivity contribution in [3.05, 3.63) is 65.7 Å². The molecular formula is C24H29N3O4. The van der Waals surface area contributed by atoms with Crippen molar-refractivity contribution in [1.82, 2.24) is 9.91 Å². The Bertz CT molecular complexity index is 929. The number of carbonyl (C=O) groups is 2. The van der Waals surface area contributed by atoms with E-state index in [2.05, 4.69) is 5.10 Å². The number of nitrogens with zero attached hydrogens (tertiary/aromatic N) is 3. The predicted molar refractivity (Wildman–Crippen MR) is 119 cm³/mol. The van der Waals surface area contributed by atoms with Crippen molar-refractivity contribution in [3.63, 3.8) is 0 Å². The summed E-state index contributed by atoms with van der Waals surface area (Å²) in [4.78, 5) is 27.1. The second kappa shape index (κ2) is 10.7. The minimum atomic E-state index is -0.226. The summed E-state index contributed by atoms with van der Waals surface area (Å²) < 4.78 is 10.4. The van der Waals surface area contributed by atoms with E-state index in [9.17, 15) is 9.59 Å². The number of hydrogen-bond acceptors (Lipinski definition) is 5. The number of hydrazone groups is 1. The second-order valence-electron chi connectivity index (χ2n) is 7.31. The minimum absolute atomic E-state index is 0.0335. The molecule has 0 saturated heterocycles. The lowest BCUT2D eigenvalue weighted by Gasteiger charge is -2.26. The van der Waals surface area contributed by atoms with Crippen molar-refractivity contribution in [2.75, 3.05) is 33.9 Å². The number of ether oxygens (including phenoxy) is 2. The van der Waals surface area contributed by atoms with Gasteiger partial charge in [0.15, 0.2) is 0 Å². The molecule has 0 radical (unpaired) electrons. The van der Waals surface area contributed by atoms with Gasteiger partial charge in [-0.15, -0.1) is 0 Å². The number of benzene rings is 2. The van der Waals surface area contributed by atoms with Crippen LogP contribution in [0.2, 0.25) is 0 Å². The molecule has 7 heteroatoms. The van der Waals surface area contributed by atoms with E-state index in [0.717, 1.165) is 22.6 Å². The highest BCUT2D eigenvalue weighted by molar-refractivity contribution is 6.03. The average Bonchev–Trinajstić information content (AvgIpc) is 3.27. The third-order valence-electron chi connectivity index (χ3n) is 5.30. The largest absolute Gasteiger partial charge is 0.497 e. The lowest BCUT2D eigenvalue weighted by molar-refractivity contribution is -0.141. The fourth-order valence-corrected chi connectivity index (χ4v) is 3.60. The number of rotatable bonds is 9. The van der Waals surface area contributed by atoms with Crippen LogP contribution in [0.3, 0.4) is 0 Å². The molecule has 2 aromatic carbocycles. The molecule has 2 aromatic rings. The van der Waals surface area contributed by atoms with Gasteiger partial charge < -0.3 is 14.4 Å². The summed E-state index contributed by atoms with van der Waals surface area (Å²) in [6, 6.07) is 17.3. The SMILES string of the molecule is CCC(=O)N(CCOC)CC(=O)N1N=C(c2cccc(OC)c2)C[C@@H]1c1ccccc1. The van der Waals surface area contributed by atoms with Gasteiger partial charge in [0.05, 0.1) is 25.5 Å². The molecule has 2 amide bonds. The highest BCUT2D eigenvalue weighted by Gasteiger charge is 2.34. The number of hydrogen-bond donors (Lipinski definition) is 0. The first-order valence-electron chi connectivity index (χ1n) is 10.4. The zero-order valence-electron chi connectivity index (χ0n) is 18.3. The first-order valence-corrected chi connectivity index (χ1v) is 10.4. The van der Waals surface area contributed by atoms with Crippen molar-refractivity contribution in [2.45, 2.75) is 25.8 Å². The van der Waals surface area contributed by atoms with E-state index in [-0.39, 0.29) is 24.4 Å². The summed E-state index contributed by atoms with van der Waals surface area (Å²) in [5.41, 5.74) is 2.73. The van der Waals surface area contributed by atoms with Crippen LogP contribution in [-0.2, 0) is 14.3 Å². The number of methoxy groups -OCH3 is 2. The van der Waals surface area contributed by atoms with Crippen molar-refractivity contribution < 1.29 is 19.1 Å². The first kappa shape index (κ1) is 22.5. The quantitative estimate of drug-likeness (QED) is 0.621. The van der Waals surface area contributed by atoms with Gasteiger partial charge in [0.2, 0.25) is 5.91 Å². The molecule has 7 nitrogen and oxygen atoms in total. The lowest BCUT2D eigenvalue weighted by Crippen LogP contribution is -2.42. The molecule has 1 atom stereocenters. The van der Waals surface area contributed by atoms with Gasteiger partial charge in [0, 0.05) is 32.1 Å². The third kappa shape index (κ3) is 5.49. The topological polar surface area (TPSA) is 71.4 Å². The zero-order valence-corrected chi connectivity index (χ0v) is 18.3. The summed E-state index contributed by atoms with van der Waals surface area (Å²) in [5, 5.41) is 6.21. The zero-order chi connectivity index (χ0) is 22.2. The Morgan fingerprint density at radius 2 is 1.90 bits per heavy atom. The van der Waals surface area contributed by atoms with Crippen LogP contribution in [0.4, 0.5) is 0 Å². The third-order valence-corrected chi connectivity index (χ3v) is 5.30. The fourth-order valence-electron chi connectivity index (χ4n) is 3.60. The van der Waals surface area contributed by atoms with Gasteiger partial charge in [-0.2, -0.15) is 5.10 Å². The molecule has 0 aliphatic carbocycles. The number of carbonyl (C=O) groups excluding carboxylic acids is 2. The lowest BCUT2D eigenvalue weighted by atomic mass is 9.98. The molecule has 1 aliphatic rings. The standard InChI is InChI=1S/C24H29N3O4/c1-4-23(28)26(13-14-30-2)17-24(29)27-22(18-9-6-5-7-10-18)16-21(25-27)19-11-8-12-20(15-19)31-3/h5-12,15,22H,4,13-14,16-17H2,1-3H3/t22-/m1/s1. The van der Waals surface area contributed by atoms with Crippen LogP contribution in [0, 0.1) is 0 Å². The highest BCUT2D eigenvalue weighted by atomic mass is 16.5. The van der Waals surface area contributed by atoms with Crippen molar-refractivity contribution in [1.29, 1.82) is 0 Å². The predicted octanol–water partition coefficient (Wildman–Crippen LogP) is 3.26. The molecule has 0 N–H and O–H groups in total. The van der Waals surface area contributed by atoms with Crippen LogP contribution in [0.5, 0.6) is 5.75 Å². The monoisotopic (exact) mass is 423 g/mol. The molecule has 164 valence electrons. The maximum Gasteiger partial charge on any atom is 0.262 e. The maximum atomic E-state index is 13.3. The minimum Gasteiger partial charge on any atom is -0.497 e. The van der Waals surface area contributed by atoms with E-state index in [1.54, 1.807) is 21.1 Å². The van der Waals surface area contributed by atoms with Crippen LogP contribution in [0.1, 0.15) is 36.9 Å². The highest BCUT2D eigenvalue weighted by Crippen LogP contribution is 2.33. The van der Waals surface area contributed by atoms with Crippen LogP contribution >= 0.6 is 0 Å². The molecule has 1 aliphatic heterocycles. The van der Waals surface area contributed by atoms with E-state index in [1.165, 1.54) is 9.91 Å². The molecule has 0 bridgehead atoms. The smallest absolute Gasteiger partial charge is 0.262 e. The van der Waals surface area contributed by atoms with Crippen molar-refractivity contribution >= 4 is 17.5 Å². The van der Waals surface area contributed by atoms with Gasteiger partial charge in [-0.3, -0.25) is 9.59 Å². The Labute approximate surface area is 183 Å². The maximum absolute atomic E-state index is 13.3. The summed E-state index contributed by atoms with van der Waals surface area (Å²) in [5.74, 6) is 0.433. The molecule has 3 rings (SSSR count). The second-order valence-corrected chi connectivity index (χ2v) is 7.31. The van der Waals surface area contributed by atoms with Gasteiger partial charge in [0.1, 0.15) is 12.3 Å². The van der Waals surface area contributed by atoms with Gasteiger partial charge in [-0.05, 0) is 17.7 Å². The Balaban J connectivity index is 1.89. The summed E-state index contributed by atoms with van der Waals surface area (Å²) >= 11 is 0. The Hall–Kier alpha value is -3.19. The van der Waals surface area contributed by atoms with E-state index in [1.807, 2.05) is 54.6 Å². The molecular weight excluding hydrogens is 394 g/mol. The average molecular weight is 424 g/mol. The van der Waals surface area contributed by atoms with Gasteiger partial charge in [-0.25, -0.2) is 5.01 Å². The van der Waals surface area contributed by atoms with Gasteiger partial charge >= 0.3 is 0 Å². The van der Waals surface area contributed by atoms with Gasteiger partial charge in [-0.1, -0.05) is 49.4 Å². The summed E-state index contributed by atoms with van der Waals surface area (Å²) in [6.45, 7) is 2.49. The van der Waals surface area contributed by atoms with Crippen LogP contribution < -0.4 is 4.74 Å². The van der Waals surface area contributed by atoms with Crippen LogP contribution in [0.25, 0.3) is 0 Å². The Kier molecular flexibility index (Phi) is 7.78. The van der Waals surface area contributed by atoms with Gasteiger partial charge in [0.25, 0.3) is 5.91 Å². The molecule has 0 aromatic heterocycles. The van der Waals surface area contributed by atoms with E-state index in [4.69, 9.17) is 9.47 Å². The van der Waals surface area contributed by atoms with Crippen LogP contribution in [-0.4, -0.2) is 61.4 Å². The molecule has 31 heavy (non-hydrogen) atoms. The Morgan fingerprint density at radius 1 is 1.13 bits per heavy atom. The summed E-state index contributed by atoms with van der Waals surface area (Å²) in [7, 11) is 3.20. The molecule has 0 unspecified atom stereocenters. The normalized spacial score (nSPS) is 15.5. The molecule has 1 heterocycles. The summed E-state index contributed by atoms with van der Waals surface area (Å²) in [6.07, 6.45) is 0.917. The molecule has 0 saturated carbocycles. The molecule has 0 fully saturated rings. The molecule has 0 spiro atoms.